The van der Waals surface area contributed by atoms with Gasteiger partial charge >= 0.3 is 0 Å². The molecule has 2 heteroatoms. The summed E-state index contributed by atoms with van der Waals surface area (Å²) >= 11 is 0. The van der Waals surface area contributed by atoms with E-state index in [9.17, 15) is 0 Å². The third kappa shape index (κ3) is 1.37. The quantitative estimate of drug-likeness (QED) is 0.746. The predicted molar refractivity (Wildman–Crippen MR) is 67.8 cm³/mol. The van der Waals surface area contributed by atoms with Gasteiger partial charge in [-0.15, -0.1) is 0 Å². The molecule has 1 aliphatic rings. The van der Waals surface area contributed by atoms with Crippen LogP contribution in [0, 0.1) is 6.92 Å². The van der Waals surface area contributed by atoms with E-state index in [0.29, 0.717) is 6.04 Å². The molecular formula is C14H18N2. The summed E-state index contributed by atoms with van der Waals surface area (Å²) in [6.07, 6.45) is 3.52. The molecule has 16 heavy (non-hydrogen) atoms. The molecule has 1 aliphatic carbocycles. The highest BCUT2D eigenvalue weighted by Gasteiger charge is 2.40. The van der Waals surface area contributed by atoms with Crippen molar-refractivity contribution in [1.82, 2.24) is 9.47 Å². The Morgan fingerprint density at radius 2 is 2.06 bits per heavy atom. The van der Waals surface area contributed by atoms with Gasteiger partial charge in [-0.2, -0.15) is 0 Å². The van der Waals surface area contributed by atoms with Crippen molar-refractivity contribution in [2.24, 2.45) is 0 Å². The van der Waals surface area contributed by atoms with E-state index in [-0.39, 0.29) is 0 Å². The first kappa shape index (κ1) is 9.91. The van der Waals surface area contributed by atoms with Crippen molar-refractivity contribution in [2.75, 3.05) is 14.1 Å². The fraction of sp³-hybridized carbons (Fsp3) is 0.429. The van der Waals surface area contributed by atoms with Crippen molar-refractivity contribution in [3.8, 4) is 0 Å². The van der Waals surface area contributed by atoms with Gasteiger partial charge < -0.3 is 9.47 Å². The Bertz CT molecular complexity index is 525. The van der Waals surface area contributed by atoms with Crippen LogP contribution in [-0.4, -0.2) is 29.6 Å². The largest absolute Gasteiger partial charge is 0.343 e. The minimum atomic E-state index is 0.675. The highest BCUT2D eigenvalue weighted by molar-refractivity contribution is 5.83. The van der Waals surface area contributed by atoms with Crippen molar-refractivity contribution in [3.05, 3.63) is 36.0 Å². The molecule has 0 aliphatic heterocycles. The summed E-state index contributed by atoms with van der Waals surface area (Å²) in [5.74, 6) is 0. The molecule has 0 saturated heterocycles. The Hall–Kier alpha value is -1.28. The Kier molecular flexibility index (Phi) is 2.08. The Balaban J connectivity index is 2.03. The van der Waals surface area contributed by atoms with Gasteiger partial charge in [0.2, 0.25) is 0 Å². The zero-order valence-electron chi connectivity index (χ0n) is 10.1. The topological polar surface area (TPSA) is 8.17 Å². The third-order valence-corrected chi connectivity index (χ3v) is 3.73. The van der Waals surface area contributed by atoms with Crippen molar-refractivity contribution in [2.45, 2.75) is 25.4 Å². The van der Waals surface area contributed by atoms with E-state index in [1.165, 1.54) is 22.9 Å². The number of fused-ring (bicyclic) bond motifs is 1. The summed E-state index contributed by atoms with van der Waals surface area (Å²) < 4.78 is 2.44. The minimum absolute atomic E-state index is 0.675. The van der Waals surface area contributed by atoms with E-state index in [0.717, 1.165) is 6.04 Å². The fourth-order valence-corrected chi connectivity index (χ4v) is 2.65. The number of likely N-dealkylation sites (N-methyl/N-ethyl adjacent to an activating group) is 1. The summed E-state index contributed by atoms with van der Waals surface area (Å²) in [4.78, 5) is 2.33. The minimum Gasteiger partial charge on any atom is -0.343 e. The highest BCUT2D eigenvalue weighted by atomic mass is 15.2. The molecule has 1 fully saturated rings. The molecule has 0 bridgehead atoms. The molecule has 84 valence electrons. The zero-order valence-corrected chi connectivity index (χ0v) is 10.1. The SMILES string of the molecule is Cc1cccc2c1ccn2C1CC1N(C)C. The van der Waals surface area contributed by atoms with E-state index < -0.39 is 0 Å². The van der Waals surface area contributed by atoms with Gasteiger partial charge in [0.25, 0.3) is 0 Å². The molecule has 1 aromatic carbocycles. The lowest BCUT2D eigenvalue weighted by atomic mass is 10.1. The van der Waals surface area contributed by atoms with E-state index in [2.05, 4.69) is 60.9 Å². The molecule has 0 spiro atoms. The Labute approximate surface area is 96.5 Å². The number of hydrogen-bond acceptors (Lipinski definition) is 1. The highest BCUT2D eigenvalue weighted by Crippen LogP contribution is 2.41. The van der Waals surface area contributed by atoms with Crippen LogP contribution in [0.25, 0.3) is 10.9 Å². The lowest BCUT2D eigenvalue weighted by molar-refractivity contribution is 0.377. The molecular weight excluding hydrogens is 196 g/mol. The van der Waals surface area contributed by atoms with Crippen molar-refractivity contribution >= 4 is 10.9 Å². The van der Waals surface area contributed by atoms with Crippen LogP contribution >= 0.6 is 0 Å². The average Bonchev–Trinajstić information content (AvgIpc) is 2.93. The molecule has 2 nitrogen and oxygen atoms in total. The maximum atomic E-state index is 2.44. The van der Waals surface area contributed by atoms with Crippen LogP contribution in [0.15, 0.2) is 30.5 Å². The van der Waals surface area contributed by atoms with Crippen molar-refractivity contribution in [1.29, 1.82) is 0 Å². The molecule has 0 radical (unpaired) electrons. The molecule has 0 N–H and O–H groups in total. The molecule has 2 aromatic rings. The normalized spacial score (nSPS) is 24.2. The molecule has 1 saturated carbocycles. The maximum absolute atomic E-state index is 2.44. The van der Waals surface area contributed by atoms with Crippen LogP contribution in [0.4, 0.5) is 0 Å². The maximum Gasteiger partial charge on any atom is 0.0508 e. The second-order valence-electron chi connectivity index (χ2n) is 5.06. The molecule has 1 aromatic heterocycles. The van der Waals surface area contributed by atoms with Crippen molar-refractivity contribution < 1.29 is 0 Å². The number of benzene rings is 1. The van der Waals surface area contributed by atoms with Crippen LogP contribution in [0.5, 0.6) is 0 Å². The van der Waals surface area contributed by atoms with E-state index >= 15 is 0 Å². The summed E-state index contributed by atoms with van der Waals surface area (Å²) in [5.41, 5.74) is 2.76. The van der Waals surface area contributed by atoms with Gasteiger partial charge in [0.15, 0.2) is 0 Å². The van der Waals surface area contributed by atoms with Gasteiger partial charge in [0.1, 0.15) is 0 Å². The first-order valence-corrected chi connectivity index (χ1v) is 5.91. The van der Waals surface area contributed by atoms with Crippen LogP contribution in [-0.2, 0) is 0 Å². The van der Waals surface area contributed by atoms with Gasteiger partial charge in [-0.05, 0) is 45.1 Å². The van der Waals surface area contributed by atoms with Gasteiger partial charge in [0.05, 0.1) is 6.04 Å². The second kappa shape index (κ2) is 3.36. The Morgan fingerprint density at radius 1 is 1.25 bits per heavy atom. The molecule has 1 heterocycles. The molecule has 0 amide bonds. The zero-order chi connectivity index (χ0) is 11.3. The number of aromatic nitrogens is 1. The number of nitrogens with zero attached hydrogens (tertiary/aromatic N) is 2. The first-order valence-electron chi connectivity index (χ1n) is 5.91. The lowest BCUT2D eigenvalue weighted by Crippen LogP contribution is -2.17. The van der Waals surface area contributed by atoms with Crippen LogP contribution in [0.2, 0.25) is 0 Å². The first-order chi connectivity index (χ1) is 7.68. The van der Waals surface area contributed by atoms with E-state index in [1.54, 1.807) is 0 Å². The molecule has 2 atom stereocenters. The van der Waals surface area contributed by atoms with Gasteiger partial charge in [0, 0.05) is 23.1 Å². The average molecular weight is 214 g/mol. The summed E-state index contributed by atoms with van der Waals surface area (Å²) in [6, 6.07) is 10.2. The van der Waals surface area contributed by atoms with E-state index in [1.807, 2.05) is 0 Å². The van der Waals surface area contributed by atoms with Crippen LogP contribution in [0.1, 0.15) is 18.0 Å². The second-order valence-corrected chi connectivity index (χ2v) is 5.06. The summed E-state index contributed by atoms with van der Waals surface area (Å²) in [5, 5.41) is 1.40. The standard InChI is InChI=1S/C14H18N2/c1-10-5-4-6-12-11(10)7-8-16(12)14-9-13(14)15(2)3/h4-8,13-14H,9H2,1-3H3. The summed E-state index contributed by atoms with van der Waals surface area (Å²) in [6.45, 7) is 2.18. The molecule has 2 unspecified atom stereocenters. The number of aryl methyl sites for hydroxylation is 1. The van der Waals surface area contributed by atoms with Gasteiger partial charge in [-0.25, -0.2) is 0 Å². The molecule has 3 rings (SSSR count). The summed E-state index contributed by atoms with van der Waals surface area (Å²) in [7, 11) is 4.34. The Morgan fingerprint density at radius 3 is 2.75 bits per heavy atom. The number of hydrogen-bond donors (Lipinski definition) is 0. The van der Waals surface area contributed by atoms with Crippen molar-refractivity contribution in [3.63, 3.8) is 0 Å². The van der Waals surface area contributed by atoms with Crippen LogP contribution in [0.3, 0.4) is 0 Å². The lowest BCUT2D eigenvalue weighted by Gasteiger charge is -2.10. The van der Waals surface area contributed by atoms with Crippen LogP contribution < -0.4 is 0 Å². The smallest absolute Gasteiger partial charge is 0.0508 e. The van der Waals surface area contributed by atoms with Gasteiger partial charge in [-0.3, -0.25) is 0 Å². The monoisotopic (exact) mass is 214 g/mol. The fourth-order valence-electron chi connectivity index (χ4n) is 2.65. The number of rotatable bonds is 2. The predicted octanol–water partition coefficient (Wildman–Crippen LogP) is 2.82. The third-order valence-electron chi connectivity index (χ3n) is 3.73. The van der Waals surface area contributed by atoms with E-state index in [4.69, 9.17) is 0 Å². The van der Waals surface area contributed by atoms with Gasteiger partial charge in [-0.1, -0.05) is 12.1 Å².